The molecular formula is C20H20ClN3OS. The number of rotatable bonds is 3. The smallest absolute Gasteiger partial charge is 0.255 e. The van der Waals surface area contributed by atoms with E-state index < -0.39 is 0 Å². The second kappa shape index (κ2) is 7.48. The number of thiocarbonyl (C=S) groups is 1. The minimum atomic E-state index is -0.316. The number of nitrogens with one attached hydrogen (secondary N) is 3. The van der Waals surface area contributed by atoms with Crippen molar-refractivity contribution in [2.24, 2.45) is 0 Å². The minimum Gasteiger partial charge on any atom is -0.351 e. The first-order chi connectivity index (χ1) is 12.3. The molecule has 0 aromatic heterocycles. The molecule has 3 N–H and O–H groups in total. The van der Waals surface area contributed by atoms with Crippen LogP contribution in [0.2, 0.25) is 5.02 Å². The number of carbonyl (C=O) groups excluding carboxylic acids is 1. The van der Waals surface area contributed by atoms with Crippen molar-refractivity contribution in [2.75, 3.05) is 5.32 Å². The Morgan fingerprint density at radius 1 is 1.12 bits per heavy atom. The lowest BCUT2D eigenvalue weighted by Gasteiger charge is -2.30. The average molecular weight is 386 g/mol. The highest BCUT2D eigenvalue weighted by molar-refractivity contribution is 7.80. The summed E-state index contributed by atoms with van der Waals surface area (Å²) in [7, 11) is 0. The Hall–Kier alpha value is -2.37. The number of halogens is 1. The molecule has 3 rings (SSSR count). The van der Waals surface area contributed by atoms with Crippen molar-refractivity contribution >= 4 is 40.5 Å². The lowest BCUT2D eigenvalue weighted by Crippen LogP contribution is -2.45. The number of amides is 1. The first-order valence-electron chi connectivity index (χ1n) is 8.27. The van der Waals surface area contributed by atoms with E-state index in [2.05, 4.69) is 16.0 Å². The predicted molar refractivity (Wildman–Crippen MR) is 110 cm³/mol. The van der Waals surface area contributed by atoms with Crippen LogP contribution in [0, 0.1) is 13.8 Å². The molecular weight excluding hydrogens is 366 g/mol. The molecule has 1 heterocycles. The Morgan fingerprint density at radius 2 is 1.81 bits per heavy atom. The number of hydrogen-bond donors (Lipinski definition) is 3. The van der Waals surface area contributed by atoms with Crippen molar-refractivity contribution in [3.63, 3.8) is 0 Å². The summed E-state index contributed by atoms with van der Waals surface area (Å²) in [5.41, 5.74) is 5.11. The fourth-order valence-electron chi connectivity index (χ4n) is 2.92. The van der Waals surface area contributed by atoms with E-state index in [-0.39, 0.29) is 11.9 Å². The highest BCUT2D eigenvalue weighted by Crippen LogP contribution is 2.29. The summed E-state index contributed by atoms with van der Waals surface area (Å²) < 4.78 is 0. The maximum atomic E-state index is 13.1. The molecule has 2 aromatic carbocycles. The number of anilines is 1. The molecule has 0 saturated carbocycles. The second-order valence-electron chi connectivity index (χ2n) is 6.39. The summed E-state index contributed by atoms with van der Waals surface area (Å²) in [5, 5.41) is 10.3. The van der Waals surface area contributed by atoms with Gasteiger partial charge in [0.25, 0.3) is 5.91 Å². The number of hydrogen-bond acceptors (Lipinski definition) is 2. The maximum absolute atomic E-state index is 13.1. The molecule has 0 saturated heterocycles. The highest BCUT2D eigenvalue weighted by atomic mass is 35.5. The molecule has 26 heavy (non-hydrogen) atoms. The average Bonchev–Trinajstić information content (AvgIpc) is 2.58. The molecule has 1 aliphatic rings. The van der Waals surface area contributed by atoms with Gasteiger partial charge in [-0.2, -0.15) is 0 Å². The van der Waals surface area contributed by atoms with Gasteiger partial charge in [0.1, 0.15) is 0 Å². The minimum absolute atomic E-state index is 0.194. The number of allylic oxidation sites excluding steroid dienone is 1. The quantitative estimate of drug-likeness (QED) is 0.686. The van der Waals surface area contributed by atoms with Crippen molar-refractivity contribution in [3.05, 3.63) is 75.4 Å². The molecule has 0 bridgehead atoms. The standard InChI is InChI=1S/C20H20ClN3OS/c1-11-4-7-14(8-5-11)18-17(13(3)22-20(26)24-18)19(25)23-16-10-15(21)9-6-12(16)2/h4-10,18H,1-3H3,(H,23,25)(H2,22,24,26)/t18-/m1/s1. The van der Waals surface area contributed by atoms with Gasteiger partial charge in [0.2, 0.25) is 0 Å². The Kier molecular flexibility index (Phi) is 5.30. The zero-order chi connectivity index (χ0) is 18.8. The largest absolute Gasteiger partial charge is 0.351 e. The summed E-state index contributed by atoms with van der Waals surface area (Å²) >= 11 is 11.4. The fourth-order valence-corrected chi connectivity index (χ4v) is 3.37. The number of carbonyl (C=O) groups is 1. The van der Waals surface area contributed by atoms with E-state index in [9.17, 15) is 4.79 Å². The Bertz CT molecular complexity index is 906. The monoisotopic (exact) mass is 385 g/mol. The molecule has 4 nitrogen and oxygen atoms in total. The summed E-state index contributed by atoms with van der Waals surface area (Å²) in [6.07, 6.45) is 0. The Morgan fingerprint density at radius 3 is 2.50 bits per heavy atom. The molecule has 0 unspecified atom stereocenters. The number of benzene rings is 2. The molecule has 1 aliphatic heterocycles. The lowest BCUT2D eigenvalue weighted by atomic mass is 9.94. The van der Waals surface area contributed by atoms with Crippen molar-refractivity contribution in [3.8, 4) is 0 Å². The molecule has 0 fully saturated rings. The van der Waals surface area contributed by atoms with Gasteiger partial charge in [-0.15, -0.1) is 0 Å². The van der Waals surface area contributed by atoms with Gasteiger partial charge in [0.05, 0.1) is 11.6 Å². The van der Waals surface area contributed by atoms with Crippen LogP contribution in [0.1, 0.15) is 29.7 Å². The van der Waals surface area contributed by atoms with Crippen molar-refractivity contribution in [2.45, 2.75) is 26.8 Å². The Labute approximate surface area is 163 Å². The van der Waals surface area contributed by atoms with E-state index in [0.717, 1.165) is 22.4 Å². The molecule has 2 aromatic rings. The van der Waals surface area contributed by atoms with Crippen LogP contribution in [0.25, 0.3) is 0 Å². The summed E-state index contributed by atoms with van der Waals surface area (Å²) in [4.78, 5) is 13.1. The lowest BCUT2D eigenvalue weighted by molar-refractivity contribution is -0.113. The van der Waals surface area contributed by atoms with Gasteiger partial charge in [-0.3, -0.25) is 4.79 Å². The van der Waals surface area contributed by atoms with E-state index >= 15 is 0 Å². The van der Waals surface area contributed by atoms with Gasteiger partial charge >= 0.3 is 0 Å². The third-order valence-corrected chi connectivity index (χ3v) is 4.83. The molecule has 0 spiro atoms. The van der Waals surface area contributed by atoms with Crippen LogP contribution < -0.4 is 16.0 Å². The van der Waals surface area contributed by atoms with Gasteiger partial charge in [0, 0.05) is 16.4 Å². The van der Waals surface area contributed by atoms with Crippen LogP contribution in [0.5, 0.6) is 0 Å². The SMILES string of the molecule is CC1=C(C(=O)Nc2cc(Cl)ccc2C)[C@@H](c2ccc(C)cc2)NC(=S)N1. The molecule has 1 amide bonds. The van der Waals surface area contributed by atoms with Crippen molar-refractivity contribution in [1.82, 2.24) is 10.6 Å². The third-order valence-electron chi connectivity index (χ3n) is 4.37. The van der Waals surface area contributed by atoms with E-state index in [1.807, 2.05) is 51.1 Å². The van der Waals surface area contributed by atoms with Gasteiger partial charge in [-0.25, -0.2) is 0 Å². The first kappa shape index (κ1) is 18.4. The van der Waals surface area contributed by atoms with Gasteiger partial charge < -0.3 is 16.0 Å². The van der Waals surface area contributed by atoms with Crippen LogP contribution >= 0.6 is 23.8 Å². The molecule has 6 heteroatoms. The van der Waals surface area contributed by atoms with Gasteiger partial charge in [-0.1, -0.05) is 47.5 Å². The van der Waals surface area contributed by atoms with E-state index in [1.165, 1.54) is 0 Å². The molecule has 0 aliphatic carbocycles. The summed E-state index contributed by atoms with van der Waals surface area (Å²) in [6.45, 7) is 5.81. The molecule has 0 radical (unpaired) electrons. The van der Waals surface area contributed by atoms with Crippen molar-refractivity contribution < 1.29 is 4.79 Å². The summed E-state index contributed by atoms with van der Waals surface area (Å²) in [6, 6.07) is 13.2. The van der Waals surface area contributed by atoms with Gasteiger partial charge in [-0.05, 0) is 56.2 Å². The fraction of sp³-hybridized carbons (Fsp3) is 0.200. The van der Waals surface area contributed by atoms with Crippen LogP contribution in [-0.4, -0.2) is 11.0 Å². The molecule has 134 valence electrons. The maximum Gasteiger partial charge on any atom is 0.255 e. The van der Waals surface area contributed by atoms with Crippen LogP contribution in [0.3, 0.4) is 0 Å². The van der Waals surface area contributed by atoms with E-state index in [4.69, 9.17) is 23.8 Å². The zero-order valence-corrected chi connectivity index (χ0v) is 16.4. The van der Waals surface area contributed by atoms with Crippen LogP contribution in [0.4, 0.5) is 5.69 Å². The predicted octanol–water partition coefficient (Wildman–Crippen LogP) is 4.39. The van der Waals surface area contributed by atoms with Gasteiger partial charge in [0.15, 0.2) is 5.11 Å². The van der Waals surface area contributed by atoms with Crippen LogP contribution in [-0.2, 0) is 4.79 Å². The van der Waals surface area contributed by atoms with Crippen molar-refractivity contribution in [1.29, 1.82) is 0 Å². The van der Waals surface area contributed by atoms with Crippen LogP contribution in [0.15, 0.2) is 53.7 Å². The topological polar surface area (TPSA) is 53.2 Å². The first-order valence-corrected chi connectivity index (χ1v) is 9.06. The van der Waals surface area contributed by atoms with E-state index in [1.54, 1.807) is 12.1 Å². The highest BCUT2D eigenvalue weighted by Gasteiger charge is 2.30. The molecule has 1 atom stereocenters. The number of aryl methyl sites for hydroxylation is 2. The normalized spacial score (nSPS) is 16.8. The summed E-state index contributed by atoms with van der Waals surface area (Å²) in [5.74, 6) is -0.194. The Balaban J connectivity index is 1.96. The zero-order valence-electron chi connectivity index (χ0n) is 14.8. The van der Waals surface area contributed by atoms with E-state index in [0.29, 0.717) is 21.4 Å². The third kappa shape index (κ3) is 3.89. The second-order valence-corrected chi connectivity index (χ2v) is 7.24.